The van der Waals surface area contributed by atoms with Gasteiger partial charge in [-0.25, -0.2) is 0 Å². The van der Waals surface area contributed by atoms with E-state index < -0.39 is 6.10 Å². The van der Waals surface area contributed by atoms with Crippen LogP contribution in [-0.4, -0.2) is 43.7 Å². The summed E-state index contributed by atoms with van der Waals surface area (Å²) in [6.45, 7) is 4.35. The Bertz CT molecular complexity index is 795. The first kappa shape index (κ1) is 24.3. The molecule has 5 nitrogen and oxygen atoms in total. The van der Waals surface area contributed by atoms with Crippen LogP contribution in [0.1, 0.15) is 37.8 Å². The van der Waals surface area contributed by atoms with Crippen LogP contribution in [-0.2, 0) is 4.79 Å². The van der Waals surface area contributed by atoms with E-state index in [4.69, 9.17) is 21.1 Å². The third kappa shape index (κ3) is 6.53. The molecule has 7 heteroatoms. The van der Waals surface area contributed by atoms with Crippen LogP contribution >= 0.6 is 24.0 Å². The monoisotopic (exact) mass is 452 g/mol. The third-order valence-corrected chi connectivity index (χ3v) is 5.62. The first-order valence-electron chi connectivity index (χ1n) is 10.2. The maximum absolute atomic E-state index is 12.7. The predicted molar refractivity (Wildman–Crippen MR) is 123 cm³/mol. The summed E-state index contributed by atoms with van der Waals surface area (Å²) < 4.78 is 11.0. The van der Waals surface area contributed by atoms with Gasteiger partial charge in [0.25, 0.3) is 5.91 Å². The number of para-hydroxylation sites is 1. The Morgan fingerprint density at radius 1 is 1.10 bits per heavy atom. The molecule has 1 aliphatic heterocycles. The van der Waals surface area contributed by atoms with Crippen molar-refractivity contribution in [1.82, 2.24) is 10.2 Å². The summed E-state index contributed by atoms with van der Waals surface area (Å²) in [5.74, 6) is 1.19. The number of ether oxygens (including phenoxy) is 2. The zero-order chi connectivity index (χ0) is 20.6. The molecule has 1 aliphatic rings. The molecule has 1 N–H and O–H groups in total. The fraction of sp³-hybridized carbons (Fsp3) is 0.435. The Labute approximate surface area is 190 Å². The number of nitrogens with zero attached hydrogens (tertiary/aromatic N) is 1. The van der Waals surface area contributed by atoms with Gasteiger partial charge in [-0.2, -0.15) is 0 Å². The number of piperidine rings is 1. The summed E-state index contributed by atoms with van der Waals surface area (Å²) in [6.07, 6.45) is 3.01. The molecule has 1 fully saturated rings. The zero-order valence-corrected chi connectivity index (χ0v) is 19.0. The number of halogens is 2. The molecule has 2 unspecified atom stereocenters. The number of nitrogens with one attached hydrogen (secondary N) is 1. The lowest BCUT2D eigenvalue weighted by Crippen LogP contribution is -2.43. The molecular formula is C23H30Cl2N2O3. The number of likely N-dealkylation sites (tertiary alicyclic amines) is 1. The van der Waals surface area contributed by atoms with Gasteiger partial charge in [-0.05, 0) is 62.7 Å². The lowest BCUT2D eigenvalue weighted by molar-refractivity contribution is -0.127. The second-order valence-corrected chi connectivity index (χ2v) is 7.73. The van der Waals surface area contributed by atoms with E-state index in [1.165, 1.54) is 24.8 Å². The number of hydrogen-bond donors (Lipinski definition) is 1. The van der Waals surface area contributed by atoms with Crippen molar-refractivity contribution >= 4 is 29.9 Å². The molecule has 30 heavy (non-hydrogen) atoms. The van der Waals surface area contributed by atoms with Crippen molar-refractivity contribution in [2.24, 2.45) is 0 Å². The second kappa shape index (κ2) is 12.0. The van der Waals surface area contributed by atoms with Gasteiger partial charge in [-0.3, -0.25) is 9.69 Å². The number of hydrogen-bond acceptors (Lipinski definition) is 4. The topological polar surface area (TPSA) is 50.8 Å². The fourth-order valence-corrected chi connectivity index (χ4v) is 3.82. The van der Waals surface area contributed by atoms with Crippen LogP contribution in [0.5, 0.6) is 11.5 Å². The maximum atomic E-state index is 12.7. The molecule has 0 saturated carbocycles. The molecule has 0 aliphatic carbocycles. The van der Waals surface area contributed by atoms with E-state index in [0.717, 1.165) is 18.8 Å². The summed E-state index contributed by atoms with van der Waals surface area (Å²) in [7, 11) is 1.66. The Hall–Kier alpha value is -1.95. The van der Waals surface area contributed by atoms with Crippen LogP contribution in [0.25, 0.3) is 0 Å². The minimum Gasteiger partial charge on any atom is -0.497 e. The summed E-state index contributed by atoms with van der Waals surface area (Å²) in [6, 6.07) is 15.4. The minimum absolute atomic E-state index is 0. The van der Waals surface area contributed by atoms with Crippen LogP contribution in [0.3, 0.4) is 0 Å². The Morgan fingerprint density at radius 2 is 1.77 bits per heavy atom. The smallest absolute Gasteiger partial charge is 0.260 e. The minimum atomic E-state index is -0.632. The Balaban J connectivity index is 0.00000320. The van der Waals surface area contributed by atoms with E-state index in [9.17, 15) is 4.79 Å². The molecular weight excluding hydrogens is 423 g/mol. The summed E-state index contributed by atoms with van der Waals surface area (Å²) >= 11 is 6.13. The van der Waals surface area contributed by atoms with Gasteiger partial charge in [-0.15, -0.1) is 12.4 Å². The number of methoxy groups -OCH3 is 1. The first-order chi connectivity index (χ1) is 14.1. The van der Waals surface area contributed by atoms with E-state index in [-0.39, 0.29) is 24.4 Å². The van der Waals surface area contributed by atoms with Gasteiger partial charge in [0, 0.05) is 6.54 Å². The second-order valence-electron chi connectivity index (χ2n) is 7.32. The molecule has 2 aromatic rings. The van der Waals surface area contributed by atoms with Gasteiger partial charge in [0.1, 0.15) is 11.5 Å². The van der Waals surface area contributed by atoms with Gasteiger partial charge in [0.05, 0.1) is 18.2 Å². The highest BCUT2D eigenvalue weighted by Crippen LogP contribution is 2.27. The molecule has 0 bridgehead atoms. The molecule has 0 radical (unpaired) electrons. The molecule has 1 amide bonds. The van der Waals surface area contributed by atoms with Crippen molar-refractivity contribution < 1.29 is 14.3 Å². The van der Waals surface area contributed by atoms with Crippen LogP contribution in [0.4, 0.5) is 0 Å². The Morgan fingerprint density at radius 3 is 2.40 bits per heavy atom. The van der Waals surface area contributed by atoms with Crippen LogP contribution in [0, 0.1) is 0 Å². The number of rotatable bonds is 8. The summed E-state index contributed by atoms with van der Waals surface area (Å²) in [4.78, 5) is 15.1. The van der Waals surface area contributed by atoms with E-state index in [1.54, 1.807) is 26.2 Å². The van der Waals surface area contributed by atoms with Crippen molar-refractivity contribution in [3.05, 3.63) is 59.1 Å². The highest BCUT2D eigenvalue weighted by molar-refractivity contribution is 6.32. The van der Waals surface area contributed by atoms with E-state index in [0.29, 0.717) is 17.3 Å². The standard InChI is InChI=1S/C23H29ClN2O3.ClH/c1-17(29-22-9-5-4-8-20(22)24)23(27)25-16-21(26-14-6-3-7-15-26)18-10-12-19(28-2)13-11-18;/h4-5,8-13,17,21H,3,6-7,14-16H2,1-2H3,(H,25,27);1H. The van der Waals surface area contributed by atoms with E-state index in [2.05, 4.69) is 22.3 Å². The normalized spacial score (nSPS) is 16.1. The van der Waals surface area contributed by atoms with Crippen molar-refractivity contribution in [3.63, 3.8) is 0 Å². The van der Waals surface area contributed by atoms with Crippen molar-refractivity contribution in [3.8, 4) is 11.5 Å². The van der Waals surface area contributed by atoms with Gasteiger partial charge in [0.2, 0.25) is 0 Å². The molecule has 2 aromatic carbocycles. The highest BCUT2D eigenvalue weighted by atomic mass is 35.5. The number of carbonyl (C=O) groups is 1. The quantitative estimate of drug-likeness (QED) is 0.619. The average Bonchev–Trinajstić information content (AvgIpc) is 2.76. The van der Waals surface area contributed by atoms with Gasteiger partial charge in [-0.1, -0.05) is 42.3 Å². The highest BCUT2D eigenvalue weighted by Gasteiger charge is 2.24. The lowest BCUT2D eigenvalue weighted by atomic mass is 10.0. The number of amides is 1. The first-order valence-corrected chi connectivity index (χ1v) is 10.5. The Kier molecular flexibility index (Phi) is 9.76. The summed E-state index contributed by atoms with van der Waals surface area (Å²) in [5.41, 5.74) is 1.17. The molecule has 2 atom stereocenters. The lowest BCUT2D eigenvalue weighted by Gasteiger charge is -2.35. The van der Waals surface area contributed by atoms with E-state index in [1.807, 2.05) is 24.3 Å². The largest absolute Gasteiger partial charge is 0.497 e. The number of carbonyl (C=O) groups excluding carboxylic acids is 1. The molecule has 1 heterocycles. The van der Waals surface area contributed by atoms with Gasteiger partial charge >= 0.3 is 0 Å². The predicted octanol–water partition coefficient (Wildman–Crippen LogP) is 4.88. The molecule has 0 spiro atoms. The third-order valence-electron chi connectivity index (χ3n) is 5.31. The van der Waals surface area contributed by atoms with Crippen LogP contribution in [0.2, 0.25) is 5.02 Å². The van der Waals surface area contributed by atoms with E-state index >= 15 is 0 Å². The van der Waals surface area contributed by atoms with Crippen LogP contribution < -0.4 is 14.8 Å². The molecule has 0 aromatic heterocycles. The molecule has 164 valence electrons. The SMILES string of the molecule is COc1ccc(C(CNC(=O)C(C)Oc2ccccc2Cl)N2CCCCC2)cc1.Cl. The van der Waals surface area contributed by atoms with Gasteiger partial charge < -0.3 is 14.8 Å². The van der Waals surface area contributed by atoms with Gasteiger partial charge in [0.15, 0.2) is 6.10 Å². The average molecular weight is 453 g/mol. The number of benzene rings is 2. The van der Waals surface area contributed by atoms with Crippen molar-refractivity contribution in [2.75, 3.05) is 26.7 Å². The zero-order valence-electron chi connectivity index (χ0n) is 17.5. The fourth-order valence-electron chi connectivity index (χ4n) is 3.64. The molecule has 1 saturated heterocycles. The molecule has 3 rings (SSSR count). The van der Waals surface area contributed by atoms with Crippen molar-refractivity contribution in [2.45, 2.75) is 38.3 Å². The maximum Gasteiger partial charge on any atom is 0.260 e. The van der Waals surface area contributed by atoms with Crippen molar-refractivity contribution in [1.29, 1.82) is 0 Å². The van der Waals surface area contributed by atoms with Crippen LogP contribution in [0.15, 0.2) is 48.5 Å². The summed E-state index contributed by atoms with van der Waals surface area (Å²) in [5, 5.41) is 3.56.